The maximum absolute atomic E-state index is 12.8. The van der Waals surface area contributed by atoms with E-state index in [1.165, 1.54) is 11.6 Å². The predicted octanol–water partition coefficient (Wildman–Crippen LogP) is 3.86. The molecule has 0 aliphatic rings. The van der Waals surface area contributed by atoms with Crippen LogP contribution in [-0.4, -0.2) is 6.54 Å². The molecular formula is C11H13ClFN. The van der Waals surface area contributed by atoms with Crippen LogP contribution in [0.3, 0.4) is 0 Å². The Labute approximate surface area is 88.6 Å². The molecule has 0 bridgehead atoms. The second kappa shape index (κ2) is 5.01. The van der Waals surface area contributed by atoms with Crippen LogP contribution in [0.5, 0.6) is 0 Å². The third kappa shape index (κ3) is 3.38. The molecule has 0 amide bonds. The van der Waals surface area contributed by atoms with E-state index >= 15 is 0 Å². The van der Waals surface area contributed by atoms with Crippen molar-refractivity contribution in [1.29, 1.82) is 0 Å². The Kier molecular flexibility index (Phi) is 3.96. The number of rotatable bonds is 3. The quantitative estimate of drug-likeness (QED) is 0.752. The van der Waals surface area contributed by atoms with E-state index in [0.29, 0.717) is 0 Å². The van der Waals surface area contributed by atoms with E-state index in [-0.39, 0.29) is 10.8 Å². The molecular weight excluding hydrogens is 201 g/mol. The number of benzene rings is 1. The van der Waals surface area contributed by atoms with Crippen molar-refractivity contribution in [1.82, 2.24) is 0 Å². The van der Waals surface area contributed by atoms with Crippen molar-refractivity contribution in [2.45, 2.75) is 13.8 Å². The van der Waals surface area contributed by atoms with E-state index < -0.39 is 0 Å². The van der Waals surface area contributed by atoms with Crippen LogP contribution in [0.15, 0.2) is 29.8 Å². The van der Waals surface area contributed by atoms with Gasteiger partial charge >= 0.3 is 0 Å². The molecule has 0 radical (unpaired) electrons. The Bertz CT molecular complexity index is 343. The van der Waals surface area contributed by atoms with Crippen molar-refractivity contribution in [2.24, 2.45) is 0 Å². The van der Waals surface area contributed by atoms with E-state index in [0.717, 1.165) is 12.2 Å². The first kappa shape index (κ1) is 11.1. The minimum Gasteiger partial charge on any atom is -0.382 e. The Balaban J connectivity index is 2.60. The third-order valence-corrected chi connectivity index (χ3v) is 2.03. The fraction of sp³-hybridized carbons (Fsp3) is 0.273. The highest BCUT2D eigenvalue weighted by molar-refractivity contribution is 6.31. The van der Waals surface area contributed by atoms with Gasteiger partial charge in [-0.05, 0) is 32.0 Å². The molecule has 0 spiro atoms. The number of hydrogen-bond acceptors (Lipinski definition) is 1. The Morgan fingerprint density at radius 2 is 2.21 bits per heavy atom. The van der Waals surface area contributed by atoms with Crippen molar-refractivity contribution >= 4 is 17.3 Å². The molecule has 0 aliphatic carbocycles. The summed E-state index contributed by atoms with van der Waals surface area (Å²) in [6.07, 6.45) is 2.05. The molecule has 1 aromatic rings. The summed E-state index contributed by atoms with van der Waals surface area (Å²) in [5, 5.41) is 3.26. The van der Waals surface area contributed by atoms with Gasteiger partial charge in [-0.25, -0.2) is 4.39 Å². The Morgan fingerprint density at radius 3 is 2.79 bits per heavy atom. The van der Waals surface area contributed by atoms with E-state index in [4.69, 9.17) is 11.6 Å². The largest absolute Gasteiger partial charge is 0.382 e. The highest BCUT2D eigenvalue weighted by Crippen LogP contribution is 2.18. The second-order valence-electron chi connectivity index (χ2n) is 3.29. The first-order chi connectivity index (χ1) is 6.59. The highest BCUT2D eigenvalue weighted by atomic mass is 35.5. The minimum atomic E-state index is -0.389. The molecule has 1 aromatic carbocycles. The summed E-state index contributed by atoms with van der Waals surface area (Å²) in [6.45, 7) is 4.78. The Hall–Kier alpha value is -1.02. The molecule has 0 saturated heterocycles. The number of hydrogen-bond donors (Lipinski definition) is 1. The zero-order valence-electron chi connectivity index (χ0n) is 8.27. The van der Waals surface area contributed by atoms with E-state index in [1.807, 2.05) is 13.8 Å². The molecule has 3 heteroatoms. The molecule has 0 heterocycles. The molecule has 14 heavy (non-hydrogen) atoms. The van der Waals surface area contributed by atoms with Crippen LogP contribution in [0.4, 0.5) is 10.1 Å². The number of nitrogens with one attached hydrogen (secondary N) is 1. The summed E-state index contributed by atoms with van der Waals surface area (Å²) in [4.78, 5) is 0. The molecule has 76 valence electrons. The summed E-state index contributed by atoms with van der Waals surface area (Å²) in [7, 11) is 0. The lowest BCUT2D eigenvalue weighted by molar-refractivity contribution is 0.628. The van der Waals surface area contributed by atoms with Gasteiger partial charge in [0.25, 0.3) is 0 Å². The summed E-state index contributed by atoms with van der Waals surface area (Å²) in [5.74, 6) is -0.389. The zero-order chi connectivity index (χ0) is 10.6. The molecule has 1 N–H and O–H groups in total. The van der Waals surface area contributed by atoms with Crippen molar-refractivity contribution < 1.29 is 4.39 Å². The maximum atomic E-state index is 12.8. The second-order valence-corrected chi connectivity index (χ2v) is 3.70. The predicted molar refractivity (Wildman–Crippen MR) is 59.3 cm³/mol. The van der Waals surface area contributed by atoms with Gasteiger partial charge in [0.15, 0.2) is 0 Å². The SMILES string of the molecule is CC(C)=CCNc1ccc(F)c(Cl)c1. The van der Waals surface area contributed by atoms with Gasteiger partial charge in [-0.15, -0.1) is 0 Å². The normalized spacial score (nSPS) is 9.71. The first-order valence-electron chi connectivity index (χ1n) is 4.42. The van der Waals surface area contributed by atoms with Crippen LogP contribution in [0.25, 0.3) is 0 Å². The average Bonchev–Trinajstić information content (AvgIpc) is 2.10. The van der Waals surface area contributed by atoms with Crippen molar-refractivity contribution in [3.63, 3.8) is 0 Å². The minimum absolute atomic E-state index is 0.146. The summed E-state index contributed by atoms with van der Waals surface area (Å²) >= 11 is 5.62. The van der Waals surface area contributed by atoms with Gasteiger partial charge in [-0.3, -0.25) is 0 Å². The average molecular weight is 214 g/mol. The van der Waals surface area contributed by atoms with Crippen molar-refractivity contribution in [3.8, 4) is 0 Å². The van der Waals surface area contributed by atoms with Crippen LogP contribution in [0.2, 0.25) is 5.02 Å². The van der Waals surface area contributed by atoms with Crippen LogP contribution >= 0.6 is 11.6 Å². The van der Waals surface area contributed by atoms with Crippen LogP contribution in [0, 0.1) is 5.82 Å². The lowest BCUT2D eigenvalue weighted by Crippen LogP contribution is -1.98. The van der Waals surface area contributed by atoms with E-state index in [9.17, 15) is 4.39 Å². The van der Waals surface area contributed by atoms with Gasteiger partial charge in [0.2, 0.25) is 0 Å². The fourth-order valence-corrected chi connectivity index (χ4v) is 1.16. The smallest absolute Gasteiger partial charge is 0.141 e. The molecule has 1 rings (SSSR count). The molecule has 0 fully saturated rings. The molecule has 1 nitrogen and oxygen atoms in total. The van der Waals surface area contributed by atoms with Gasteiger partial charge < -0.3 is 5.32 Å². The van der Waals surface area contributed by atoms with Gasteiger partial charge in [0.05, 0.1) is 5.02 Å². The van der Waals surface area contributed by atoms with Crippen LogP contribution in [-0.2, 0) is 0 Å². The van der Waals surface area contributed by atoms with Crippen molar-refractivity contribution in [3.05, 3.63) is 40.7 Å². The van der Waals surface area contributed by atoms with Crippen molar-refractivity contribution in [2.75, 3.05) is 11.9 Å². The van der Waals surface area contributed by atoms with Gasteiger partial charge in [0, 0.05) is 12.2 Å². The summed E-state index contributed by atoms with van der Waals surface area (Å²) in [5.41, 5.74) is 2.07. The number of allylic oxidation sites excluding steroid dienone is 1. The fourth-order valence-electron chi connectivity index (χ4n) is 0.979. The molecule has 0 atom stereocenters. The monoisotopic (exact) mass is 213 g/mol. The third-order valence-electron chi connectivity index (χ3n) is 1.74. The van der Waals surface area contributed by atoms with E-state index in [1.54, 1.807) is 12.1 Å². The first-order valence-corrected chi connectivity index (χ1v) is 4.79. The molecule has 0 saturated carbocycles. The van der Waals surface area contributed by atoms with Gasteiger partial charge in [-0.2, -0.15) is 0 Å². The molecule has 0 aromatic heterocycles. The topological polar surface area (TPSA) is 12.0 Å². The maximum Gasteiger partial charge on any atom is 0.141 e. The Morgan fingerprint density at radius 1 is 1.50 bits per heavy atom. The van der Waals surface area contributed by atoms with Crippen LogP contribution in [0.1, 0.15) is 13.8 Å². The molecule has 0 aliphatic heterocycles. The standard InChI is InChI=1S/C11H13ClFN/c1-8(2)5-6-14-9-3-4-11(13)10(12)7-9/h3-5,7,14H,6H2,1-2H3. The van der Waals surface area contributed by atoms with Crippen LogP contribution < -0.4 is 5.32 Å². The lowest BCUT2D eigenvalue weighted by Gasteiger charge is -2.04. The zero-order valence-corrected chi connectivity index (χ0v) is 9.03. The van der Waals surface area contributed by atoms with Gasteiger partial charge in [0.1, 0.15) is 5.82 Å². The highest BCUT2D eigenvalue weighted by Gasteiger charge is 1.98. The number of halogens is 2. The molecule has 0 unspecified atom stereocenters. The lowest BCUT2D eigenvalue weighted by atomic mass is 10.3. The van der Waals surface area contributed by atoms with Gasteiger partial charge in [-0.1, -0.05) is 23.3 Å². The summed E-state index contributed by atoms with van der Waals surface area (Å²) in [6, 6.07) is 4.60. The summed E-state index contributed by atoms with van der Waals surface area (Å²) < 4.78 is 12.8. The number of anilines is 1. The van der Waals surface area contributed by atoms with E-state index in [2.05, 4.69) is 11.4 Å².